The fourth-order valence-electron chi connectivity index (χ4n) is 0.834. The maximum absolute atomic E-state index is 3.91. The molecule has 0 aliphatic heterocycles. The minimum Gasteiger partial charge on any atom is -0.359 e. The predicted octanol–water partition coefficient (Wildman–Crippen LogP) is 1.72. The van der Waals surface area contributed by atoms with Gasteiger partial charge in [-0.25, -0.2) is 0 Å². The summed E-state index contributed by atoms with van der Waals surface area (Å²) in [6, 6.07) is 1.88. The average Bonchev–Trinajstić information content (AvgIpc) is 2.34. The van der Waals surface area contributed by atoms with Crippen molar-refractivity contribution < 1.29 is 0 Å². The van der Waals surface area contributed by atoms with Crippen LogP contribution in [0.3, 0.4) is 0 Å². The normalized spacial score (nSPS) is 10.5. The van der Waals surface area contributed by atoms with Crippen LogP contribution in [0.2, 0.25) is 0 Å². The maximum Gasteiger partial charge on any atom is 0.125 e. The molecule has 2 aromatic rings. The number of H-pyrrole nitrogens is 1. The van der Waals surface area contributed by atoms with Gasteiger partial charge in [-0.1, -0.05) is 0 Å². The molecule has 0 aliphatic rings. The first kappa shape index (κ1) is 5.85. The third-order valence-electron chi connectivity index (χ3n) is 1.30. The van der Waals surface area contributed by atoms with Crippen molar-refractivity contribution in [3.05, 3.63) is 22.9 Å². The second kappa shape index (κ2) is 2.05. The van der Waals surface area contributed by atoms with Gasteiger partial charge in [-0.2, -0.15) is 5.10 Å². The van der Waals surface area contributed by atoms with E-state index < -0.39 is 0 Å². The number of nitrogens with zero attached hydrogens (tertiary/aromatic N) is 2. The number of aromatic nitrogens is 3. The molecular weight excluding hydrogens is 194 g/mol. The molecule has 2 aromatic heterocycles. The molecule has 0 unspecified atom stereocenters. The number of fused-ring (bicyclic) bond motifs is 1. The summed E-state index contributed by atoms with van der Waals surface area (Å²) in [6.07, 6.45) is 3.50. The molecule has 0 aromatic carbocycles. The van der Waals surface area contributed by atoms with E-state index >= 15 is 0 Å². The number of nitrogens with one attached hydrogen (secondary N) is 1. The lowest BCUT2D eigenvalue weighted by Crippen LogP contribution is -1.77. The van der Waals surface area contributed by atoms with E-state index in [-0.39, 0.29) is 0 Å². The average molecular weight is 198 g/mol. The van der Waals surface area contributed by atoms with Crippen LogP contribution in [-0.2, 0) is 0 Å². The van der Waals surface area contributed by atoms with Crippen LogP contribution in [0.15, 0.2) is 22.9 Å². The number of halogens is 1. The van der Waals surface area contributed by atoms with Crippen LogP contribution in [0.25, 0.3) is 11.0 Å². The first-order chi connectivity index (χ1) is 4.88. The number of aromatic amines is 1. The highest BCUT2D eigenvalue weighted by atomic mass is 79.9. The Balaban J connectivity index is 2.93. The number of hydrogen-bond acceptors (Lipinski definition) is 2. The standard InChI is InChI=1S/C6H4BrN3/c7-4-3-8-5-1-2-9-10-6(4)5/h1-3,8H. The van der Waals surface area contributed by atoms with Gasteiger partial charge in [-0.3, -0.25) is 0 Å². The van der Waals surface area contributed by atoms with E-state index in [1.807, 2.05) is 12.3 Å². The number of hydrogen-bond donors (Lipinski definition) is 1. The van der Waals surface area contributed by atoms with Crippen molar-refractivity contribution >= 4 is 27.0 Å². The third kappa shape index (κ3) is 0.724. The quantitative estimate of drug-likeness (QED) is 0.700. The van der Waals surface area contributed by atoms with Gasteiger partial charge in [0, 0.05) is 6.20 Å². The van der Waals surface area contributed by atoms with Crippen molar-refractivity contribution in [1.82, 2.24) is 15.2 Å². The Kier molecular flexibility index (Phi) is 1.20. The molecule has 2 heterocycles. The Morgan fingerprint density at radius 1 is 1.50 bits per heavy atom. The van der Waals surface area contributed by atoms with E-state index in [0.717, 1.165) is 15.5 Å². The molecule has 0 atom stereocenters. The maximum atomic E-state index is 3.91. The van der Waals surface area contributed by atoms with Gasteiger partial charge < -0.3 is 4.98 Å². The van der Waals surface area contributed by atoms with Gasteiger partial charge in [0.25, 0.3) is 0 Å². The molecule has 4 heteroatoms. The summed E-state index contributed by atoms with van der Waals surface area (Å²) < 4.78 is 0.954. The SMILES string of the molecule is Brc1c[nH]c2ccnnc12. The Morgan fingerprint density at radius 2 is 2.40 bits per heavy atom. The van der Waals surface area contributed by atoms with Crippen LogP contribution >= 0.6 is 15.9 Å². The summed E-state index contributed by atoms with van der Waals surface area (Å²) >= 11 is 3.33. The van der Waals surface area contributed by atoms with Gasteiger partial charge in [-0.05, 0) is 22.0 Å². The van der Waals surface area contributed by atoms with E-state index in [4.69, 9.17) is 0 Å². The predicted molar refractivity (Wildman–Crippen MR) is 41.6 cm³/mol. The molecule has 2 rings (SSSR count). The molecule has 0 fully saturated rings. The third-order valence-corrected chi connectivity index (χ3v) is 1.91. The monoisotopic (exact) mass is 197 g/mol. The highest BCUT2D eigenvalue weighted by molar-refractivity contribution is 9.10. The first-order valence-corrected chi connectivity index (χ1v) is 3.61. The van der Waals surface area contributed by atoms with E-state index in [1.54, 1.807) is 6.20 Å². The van der Waals surface area contributed by atoms with Crippen LogP contribution in [0.4, 0.5) is 0 Å². The summed E-state index contributed by atoms with van der Waals surface area (Å²) in [7, 11) is 0. The van der Waals surface area contributed by atoms with Gasteiger partial charge in [0.1, 0.15) is 5.52 Å². The summed E-state index contributed by atoms with van der Waals surface area (Å²) in [5, 5.41) is 7.66. The van der Waals surface area contributed by atoms with Gasteiger partial charge in [-0.15, -0.1) is 5.10 Å². The highest BCUT2D eigenvalue weighted by Crippen LogP contribution is 2.18. The summed E-state index contributed by atoms with van der Waals surface area (Å²) in [5.41, 5.74) is 1.88. The molecule has 0 radical (unpaired) electrons. The zero-order valence-corrected chi connectivity index (χ0v) is 6.59. The molecular formula is C6H4BrN3. The lowest BCUT2D eigenvalue weighted by molar-refractivity contribution is 1.07. The molecule has 0 spiro atoms. The van der Waals surface area contributed by atoms with Crippen molar-refractivity contribution in [2.75, 3.05) is 0 Å². The second-order valence-electron chi connectivity index (χ2n) is 1.93. The Labute approximate surface area is 65.6 Å². The van der Waals surface area contributed by atoms with E-state index in [1.165, 1.54) is 0 Å². The Hall–Kier alpha value is -0.900. The molecule has 0 amide bonds. The van der Waals surface area contributed by atoms with Gasteiger partial charge in [0.05, 0.1) is 16.2 Å². The topological polar surface area (TPSA) is 41.6 Å². The smallest absolute Gasteiger partial charge is 0.125 e. The fourth-order valence-corrected chi connectivity index (χ4v) is 1.24. The van der Waals surface area contributed by atoms with Crippen LogP contribution in [-0.4, -0.2) is 15.2 Å². The van der Waals surface area contributed by atoms with Crippen molar-refractivity contribution in [1.29, 1.82) is 0 Å². The van der Waals surface area contributed by atoms with E-state index in [0.29, 0.717) is 0 Å². The lowest BCUT2D eigenvalue weighted by atomic mass is 10.4. The highest BCUT2D eigenvalue weighted by Gasteiger charge is 1.99. The van der Waals surface area contributed by atoms with Crippen molar-refractivity contribution in [2.24, 2.45) is 0 Å². The van der Waals surface area contributed by atoms with Crippen LogP contribution in [0, 0.1) is 0 Å². The zero-order chi connectivity index (χ0) is 6.97. The minimum atomic E-state index is 0.877. The van der Waals surface area contributed by atoms with Gasteiger partial charge >= 0.3 is 0 Å². The molecule has 0 aliphatic carbocycles. The van der Waals surface area contributed by atoms with E-state index in [2.05, 4.69) is 31.1 Å². The molecule has 0 saturated carbocycles. The van der Waals surface area contributed by atoms with Crippen LogP contribution in [0.1, 0.15) is 0 Å². The minimum absolute atomic E-state index is 0.877. The largest absolute Gasteiger partial charge is 0.359 e. The Bertz CT molecular complexity index is 355. The number of rotatable bonds is 0. The van der Waals surface area contributed by atoms with Crippen molar-refractivity contribution in [3.63, 3.8) is 0 Å². The molecule has 10 heavy (non-hydrogen) atoms. The molecule has 50 valence electrons. The summed E-state index contributed by atoms with van der Waals surface area (Å²) in [6.45, 7) is 0. The summed E-state index contributed by atoms with van der Waals surface area (Å²) in [4.78, 5) is 3.04. The van der Waals surface area contributed by atoms with Gasteiger partial charge in [0.2, 0.25) is 0 Å². The molecule has 1 N–H and O–H groups in total. The Morgan fingerprint density at radius 3 is 3.20 bits per heavy atom. The van der Waals surface area contributed by atoms with Crippen LogP contribution < -0.4 is 0 Å². The van der Waals surface area contributed by atoms with Crippen LogP contribution in [0.5, 0.6) is 0 Å². The first-order valence-electron chi connectivity index (χ1n) is 2.82. The summed E-state index contributed by atoms with van der Waals surface area (Å²) in [5.74, 6) is 0. The molecule has 3 nitrogen and oxygen atoms in total. The fraction of sp³-hybridized carbons (Fsp3) is 0. The zero-order valence-electron chi connectivity index (χ0n) is 5.00. The molecule has 0 saturated heterocycles. The second-order valence-corrected chi connectivity index (χ2v) is 2.78. The van der Waals surface area contributed by atoms with E-state index in [9.17, 15) is 0 Å². The van der Waals surface area contributed by atoms with Crippen molar-refractivity contribution in [3.8, 4) is 0 Å². The molecule has 0 bridgehead atoms. The lowest BCUT2D eigenvalue weighted by Gasteiger charge is -1.83. The van der Waals surface area contributed by atoms with Crippen molar-refractivity contribution in [2.45, 2.75) is 0 Å². The van der Waals surface area contributed by atoms with Gasteiger partial charge in [0.15, 0.2) is 0 Å².